The monoisotopic (exact) mass is 200 g/mol. The van der Waals surface area contributed by atoms with Crippen molar-refractivity contribution in [1.29, 1.82) is 0 Å². The molecular weight excluding hydrogens is 191 g/mol. The minimum Gasteiger partial charge on any atom is -0.281 e. The Balaban J connectivity index is 2.76. The highest BCUT2D eigenvalue weighted by Crippen LogP contribution is 2.20. The molecule has 0 spiro atoms. The molecule has 1 aromatic carbocycles. The van der Waals surface area contributed by atoms with Gasteiger partial charge in [-0.15, -0.1) is 0 Å². The van der Waals surface area contributed by atoms with Crippen molar-refractivity contribution in [3.05, 3.63) is 35.6 Å². The molecule has 0 aliphatic heterocycles. The van der Waals surface area contributed by atoms with Crippen molar-refractivity contribution in [2.45, 2.75) is 19.3 Å². The van der Waals surface area contributed by atoms with Gasteiger partial charge in [0.15, 0.2) is 0 Å². The van der Waals surface area contributed by atoms with Crippen LogP contribution >= 0.6 is 11.6 Å². The molecule has 1 atom stereocenters. The molecule has 0 aromatic heterocycles. The molecule has 0 saturated carbocycles. The van der Waals surface area contributed by atoms with Gasteiger partial charge in [0.05, 0.1) is 0 Å². The van der Waals surface area contributed by atoms with E-state index in [1.165, 1.54) is 12.1 Å². The van der Waals surface area contributed by atoms with Crippen LogP contribution in [0.2, 0.25) is 0 Å². The normalized spacial score (nSPS) is 12.5. The van der Waals surface area contributed by atoms with Crippen LogP contribution in [0.15, 0.2) is 24.3 Å². The van der Waals surface area contributed by atoms with Crippen LogP contribution in [-0.2, 0) is 4.79 Å². The summed E-state index contributed by atoms with van der Waals surface area (Å²) in [6, 6.07) is 6.21. The van der Waals surface area contributed by atoms with E-state index in [9.17, 15) is 9.18 Å². The molecule has 0 aliphatic rings. The summed E-state index contributed by atoms with van der Waals surface area (Å²) in [6.45, 7) is 1.84. The maximum atomic E-state index is 12.7. The van der Waals surface area contributed by atoms with E-state index in [1.807, 2.05) is 6.92 Å². The molecule has 1 unspecified atom stereocenters. The fraction of sp³-hybridized carbons (Fsp3) is 0.300. The van der Waals surface area contributed by atoms with E-state index >= 15 is 0 Å². The Hall–Kier alpha value is -0.890. The van der Waals surface area contributed by atoms with Gasteiger partial charge in [-0.3, -0.25) is 4.79 Å². The van der Waals surface area contributed by atoms with Gasteiger partial charge < -0.3 is 0 Å². The molecule has 70 valence electrons. The Labute approximate surface area is 81.5 Å². The molecule has 1 rings (SSSR count). The van der Waals surface area contributed by atoms with Crippen molar-refractivity contribution in [3.63, 3.8) is 0 Å². The van der Waals surface area contributed by atoms with Gasteiger partial charge in [0.2, 0.25) is 5.24 Å². The first-order valence-electron chi connectivity index (χ1n) is 4.03. The van der Waals surface area contributed by atoms with Gasteiger partial charge in [-0.25, -0.2) is 4.39 Å². The van der Waals surface area contributed by atoms with E-state index in [0.29, 0.717) is 0 Å². The van der Waals surface area contributed by atoms with E-state index in [1.54, 1.807) is 12.1 Å². The number of benzene rings is 1. The van der Waals surface area contributed by atoms with Crippen molar-refractivity contribution in [2.75, 3.05) is 0 Å². The highest BCUT2D eigenvalue weighted by molar-refractivity contribution is 6.63. The highest BCUT2D eigenvalue weighted by atomic mass is 35.5. The lowest BCUT2D eigenvalue weighted by Gasteiger charge is -2.08. The van der Waals surface area contributed by atoms with Gasteiger partial charge in [-0.05, 0) is 35.2 Å². The fourth-order valence-electron chi connectivity index (χ4n) is 1.17. The predicted octanol–water partition coefficient (Wildman–Crippen LogP) is 3.08. The SMILES string of the molecule is CC(CC(=O)Cl)c1cccc(F)c1. The minimum atomic E-state index is -0.392. The van der Waals surface area contributed by atoms with Crippen molar-refractivity contribution in [3.8, 4) is 0 Å². The summed E-state index contributed by atoms with van der Waals surface area (Å²) in [7, 11) is 0. The topological polar surface area (TPSA) is 17.1 Å². The molecule has 1 nitrogen and oxygen atoms in total. The van der Waals surface area contributed by atoms with Crippen LogP contribution in [0.25, 0.3) is 0 Å². The summed E-state index contributed by atoms with van der Waals surface area (Å²) < 4.78 is 12.7. The van der Waals surface area contributed by atoms with Gasteiger partial charge >= 0.3 is 0 Å². The number of carbonyl (C=O) groups excluding carboxylic acids is 1. The van der Waals surface area contributed by atoms with Crippen LogP contribution < -0.4 is 0 Å². The Morgan fingerprint density at radius 1 is 1.62 bits per heavy atom. The summed E-state index contributed by atoms with van der Waals surface area (Å²) >= 11 is 5.23. The quantitative estimate of drug-likeness (QED) is 0.686. The molecule has 3 heteroatoms. The van der Waals surface area contributed by atoms with Gasteiger partial charge in [0.25, 0.3) is 0 Å². The summed E-state index contributed by atoms with van der Waals surface area (Å²) in [6.07, 6.45) is 0.241. The lowest BCUT2D eigenvalue weighted by atomic mass is 9.98. The third kappa shape index (κ3) is 3.15. The lowest BCUT2D eigenvalue weighted by Crippen LogP contribution is -1.98. The lowest BCUT2D eigenvalue weighted by molar-refractivity contribution is -0.111. The van der Waals surface area contributed by atoms with Crippen LogP contribution in [0.3, 0.4) is 0 Å². The largest absolute Gasteiger partial charge is 0.281 e. The Morgan fingerprint density at radius 3 is 2.85 bits per heavy atom. The second-order valence-corrected chi connectivity index (χ2v) is 3.44. The first-order valence-corrected chi connectivity index (χ1v) is 4.41. The van der Waals surface area contributed by atoms with E-state index in [-0.39, 0.29) is 18.2 Å². The maximum absolute atomic E-state index is 12.7. The average molecular weight is 201 g/mol. The highest BCUT2D eigenvalue weighted by Gasteiger charge is 2.09. The number of carbonyl (C=O) groups is 1. The molecular formula is C10H10ClFO. The van der Waals surface area contributed by atoms with E-state index in [4.69, 9.17) is 11.6 Å². The van der Waals surface area contributed by atoms with Crippen LogP contribution in [-0.4, -0.2) is 5.24 Å². The molecule has 0 aliphatic carbocycles. The molecule has 0 radical (unpaired) electrons. The molecule has 0 fully saturated rings. The Kier molecular flexibility index (Phi) is 3.43. The average Bonchev–Trinajstić information content (AvgIpc) is 2.03. The smallest absolute Gasteiger partial charge is 0.222 e. The zero-order chi connectivity index (χ0) is 9.84. The number of halogens is 2. The van der Waals surface area contributed by atoms with Crippen LogP contribution in [0.1, 0.15) is 24.8 Å². The van der Waals surface area contributed by atoms with E-state index in [0.717, 1.165) is 5.56 Å². The summed E-state index contributed by atoms with van der Waals surface area (Å²) in [5.41, 5.74) is 0.800. The Bertz CT molecular complexity index is 312. The van der Waals surface area contributed by atoms with Crippen molar-refractivity contribution < 1.29 is 9.18 Å². The number of hydrogen-bond donors (Lipinski definition) is 0. The second-order valence-electron chi connectivity index (χ2n) is 3.02. The zero-order valence-electron chi connectivity index (χ0n) is 7.26. The van der Waals surface area contributed by atoms with Gasteiger partial charge in [-0.1, -0.05) is 19.1 Å². The van der Waals surface area contributed by atoms with Gasteiger partial charge in [-0.2, -0.15) is 0 Å². The number of rotatable bonds is 3. The molecule has 0 heterocycles. The van der Waals surface area contributed by atoms with E-state index < -0.39 is 5.24 Å². The van der Waals surface area contributed by atoms with Crippen LogP contribution in [0, 0.1) is 5.82 Å². The third-order valence-corrected chi connectivity index (χ3v) is 2.04. The molecule has 13 heavy (non-hydrogen) atoms. The third-order valence-electron chi connectivity index (χ3n) is 1.88. The first-order chi connectivity index (χ1) is 6.09. The van der Waals surface area contributed by atoms with Crippen molar-refractivity contribution >= 4 is 16.8 Å². The Morgan fingerprint density at radius 2 is 2.31 bits per heavy atom. The molecule has 0 amide bonds. The fourth-order valence-corrected chi connectivity index (χ4v) is 1.40. The maximum Gasteiger partial charge on any atom is 0.222 e. The molecule has 1 aromatic rings. The zero-order valence-corrected chi connectivity index (χ0v) is 8.01. The molecule has 0 saturated heterocycles. The van der Waals surface area contributed by atoms with Crippen molar-refractivity contribution in [1.82, 2.24) is 0 Å². The van der Waals surface area contributed by atoms with Crippen LogP contribution in [0.5, 0.6) is 0 Å². The van der Waals surface area contributed by atoms with Crippen LogP contribution in [0.4, 0.5) is 4.39 Å². The standard InChI is InChI=1S/C10H10ClFO/c1-7(5-10(11)13)8-3-2-4-9(12)6-8/h2-4,6-7H,5H2,1H3. The molecule has 0 bridgehead atoms. The minimum absolute atomic E-state index is 0.0271. The van der Waals surface area contributed by atoms with E-state index in [2.05, 4.69) is 0 Å². The molecule has 0 N–H and O–H groups in total. The van der Waals surface area contributed by atoms with Crippen molar-refractivity contribution in [2.24, 2.45) is 0 Å². The first kappa shape index (κ1) is 10.2. The summed E-state index contributed by atoms with van der Waals surface area (Å²) in [5.74, 6) is -0.313. The number of hydrogen-bond acceptors (Lipinski definition) is 1. The summed E-state index contributed by atoms with van der Waals surface area (Å²) in [4.78, 5) is 10.6. The van der Waals surface area contributed by atoms with Gasteiger partial charge in [0.1, 0.15) is 5.82 Å². The summed E-state index contributed by atoms with van der Waals surface area (Å²) in [5, 5.41) is -0.392. The second kappa shape index (κ2) is 4.38. The van der Waals surface area contributed by atoms with Gasteiger partial charge in [0, 0.05) is 6.42 Å². The predicted molar refractivity (Wildman–Crippen MR) is 50.3 cm³/mol.